The molecule has 2 aromatic heterocycles. The van der Waals surface area contributed by atoms with Crippen LogP contribution in [0.15, 0.2) is 28.9 Å². The molecule has 0 radical (unpaired) electrons. The van der Waals surface area contributed by atoms with E-state index in [4.69, 9.17) is 9.26 Å². The van der Waals surface area contributed by atoms with Crippen molar-refractivity contribution in [2.45, 2.75) is 38.5 Å². The third-order valence-corrected chi connectivity index (χ3v) is 4.40. The summed E-state index contributed by atoms with van der Waals surface area (Å²) in [5.41, 5.74) is 1.65. The molecule has 7 nitrogen and oxygen atoms in total. The number of carbonyl (C=O) groups excluding carboxylic acids is 1. The van der Waals surface area contributed by atoms with Gasteiger partial charge in [0.1, 0.15) is 5.76 Å². The largest absolute Gasteiger partial charge is 0.393 e. The van der Waals surface area contributed by atoms with E-state index in [0.29, 0.717) is 24.2 Å². The molecule has 0 bridgehead atoms. The normalized spacial score (nSPS) is 21.1. The summed E-state index contributed by atoms with van der Waals surface area (Å²) < 4.78 is 10.2. The number of nitrogens with zero attached hydrogens (tertiary/aromatic N) is 2. The fraction of sp³-hybridized carbons (Fsp3) is 0.471. The number of nitrogens with one attached hydrogen (secondary N) is 1. The minimum atomic E-state index is -0.323. The maximum absolute atomic E-state index is 12.7. The average Bonchev–Trinajstić information content (AvgIpc) is 2.92. The van der Waals surface area contributed by atoms with Gasteiger partial charge in [-0.25, -0.2) is 0 Å². The van der Waals surface area contributed by atoms with E-state index < -0.39 is 0 Å². The quantitative estimate of drug-likeness (QED) is 0.837. The molecule has 1 fully saturated rings. The molecule has 2 N–H and O–H groups in total. The fourth-order valence-corrected chi connectivity index (χ4v) is 2.99. The summed E-state index contributed by atoms with van der Waals surface area (Å²) in [5, 5.41) is 16.5. The highest BCUT2D eigenvalue weighted by Crippen LogP contribution is 2.37. The van der Waals surface area contributed by atoms with Crippen molar-refractivity contribution in [2.24, 2.45) is 5.92 Å². The van der Waals surface area contributed by atoms with Crippen molar-refractivity contribution in [1.29, 1.82) is 0 Å². The predicted octanol–water partition coefficient (Wildman–Crippen LogP) is 1.77. The second-order valence-corrected chi connectivity index (χ2v) is 6.09. The number of aromatic nitrogens is 2. The summed E-state index contributed by atoms with van der Waals surface area (Å²) in [7, 11) is 1.56. The molecule has 7 heteroatoms. The van der Waals surface area contributed by atoms with E-state index in [1.165, 1.54) is 0 Å². The third-order valence-electron chi connectivity index (χ3n) is 4.40. The Morgan fingerprint density at radius 2 is 2.29 bits per heavy atom. The van der Waals surface area contributed by atoms with Gasteiger partial charge in [0.2, 0.25) is 0 Å². The Morgan fingerprint density at radius 1 is 1.50 bits per heavy atom. The number of aliphatic hydroxyl groups excluding tert-OH is 1. The van der Waals surface area contributed by atoms with Crippen LogP contribution in [0.3, 0.4) is 0 Å². The number of methoxy groups -OCH3 is 1. The van der Waals surface area contributed by atoms with Gasteiger partial charge in [-0.1, -0.05) is 11.2 Å². The van der Waals surface area contributed by atoms with E-state index in [1.54, 1.807) is 20.2 Å². The van der Waals surface area contributed by atoms with E-state index in [2.05, 4.69) is 15.5 Å². The number of aryl methyl sites for hydroxylation is 1. The van der Waals surface area contributed by atoms with Gasteiger partial charge in [-0.15, -0.1) is 0 Å². The average molecular weight is 331 g/mol. The first-order chi connectivity index (χ1) is 11.6. The number of pyridine rings is 1. The second-order valence-electron chi connectivity index (χ2n) is 6.09. The van der Waals surface area contributed by atoms with Crippen LogP contribution in [0.1, 0.15) is 46.4 Å². The molecule has 1 atom stereocenters. The molecule has 0 spiro atoms. The van der Waals surface area contributed by atoms with Gasteiger partial charge < -0.3 is 19.7 Å². The van der Waals surface area contributed by atoms with Crippen LogP contribution in [0.25, 0.3) is 0 Å². The molecule has 1 saturated carbocycles. The Hall–Kier alpha value is -2.25. The molecule has 1 amide bonds. The highest BCUT2D eigenvalue weighted by Gasteiger charge is 2.37. The zero-order chi connectivity index (χ0) is 17.1. The second kappa shape index (κ2) is 7.11. The molecular weight excluding hydrogens is 310 g/mol. The molecule has 1 aliphatic rings. The molecule has 2 heterocycles. The van der Waals surface area contributed by atoms with Crippen molar-refractivity contribution in [2.75, 3.05) is 7.11 Å². The van der Waals surface area contributed by atoms with Crippen molar-refractivity contribution >= 4 is 5.91 Å². The minimum Gasteiger partial charge on any atom is -0.393 e. The topological polar surface area (TPSA) is 97.5 Å². The Bertz CT molecular complexity index is 695. The monoisotopic (exact) mass is 331 g/mol. The molecule has 0 aliphatic heterocycles. The summed E-state index contributed by atoms with van der Waals surface area (Å²) >= 11 is 0. The third kappa shape index (κ3) is 3.32. The van der Waals surface area contributed by atoms with Crippen molar-refractivity contribution in [3.8, 4) is 0 Å². The van der Waals surface area contributed by atoms with Crippen LogP contribution in [0, 0.1) is 12.8 Å². The van der Waals surface area contributed by atoms with Gasteiger partial charge >= 0.3 is 0 Å². The standard InChI is InChI=1S/C17H21N3O4/c1-10-13(9-23-2)16(20-24-10)17(22)19-15(11-7-12(21)8-11)14-5-3-4-6-18-14/h3-6,11-12,15,21H,7-9H2,1-2H3,(H,19,22)/t11?,12?,15-/m1/s1. The Balaban J connectivity index is 1.81. The lowest BCUT2D eigenvalue weighted by atomic mass is 9.76. The Labute approximate surface area is 140 Å². The zero-order valence-corrected chi connectivity index (χ0v) is 13.7. The van der Waals surface area contributed by atoms with Gasteiger partial charge in [0.15, 0.2) is 5.69 Å². The lowest BCUT2D eigenvalue weighted by molar-refractivity contribution is 0.0227. The van der Waals surface area contributed by atoms with Crippen LogP contribution >= 0.6 is 0 Å². The van der Waals surface area contributed by atoms with Gasteiger partial charge in [-0.05, 0) is 37.8 Å². The fourth-order valence-electron chi connectivity index (χ4n) is 2.99. The van der Waals surface area contributed by atoms with Crippen molar-refractivity contribution in [3.05, 3.63) is 47.1 Å². The predicted molar refractivity (Wildman–Crippen MR) is 85.1 cm³/mol. The molecule has 128 valence electrons. The van der Waals surface area contributed by atoms with E-state index in [-0.39, 0.29) is 36.3 Å². The number of hydrogen-bond acceptors (Lipinski definition) is 6. The van der Waals surface area contributed by atoms with E-state index in [0.717, 1.165) is 5.69 Å². The SMILES string of the molecule is COCc1c(C(=O)N[C@@H](c2ccccn2)C2CC(O)C2)noc1C. The molecule has 2 aromatic rings. The van der Waals surface area contributed by atoms with Crippen molar-refractivity contribution in [1.82, 2.24) is 15.5 Å². The van der Waals surface area contributed by atoms with Crippen molar-refractivity contribution < 1.29 is 19.2 Å². The first kappa shape index (κ1) is 16.6. The van der Waals surface area contributed by atoms with E-state index in [9.17, 15) is 9.90 Å². The Kier molecular flexibility index (Phi) is 4.92. The minimum absolute atomic E-state index is 0.151. The van der Waals surface area contributed by atoms with Gasteiger partial charge in [-0.3, -0.25) is 9.78 Å². The molecule has 24 heavy (non-hydrogen) atoms. The van der Waals surface area contributed by atoms with Gasteiger partial charge in [0, 0.05) is 13.3 Å². The number of carbonyl (C=O) groups is 1. The van der Waals surface area contributed by atoms with Gasteiger partial charge in [0.05, 0.1) is 30.0 Å². The summed E-state index contributed by atoms with van der Waals surface area (Å²) in [6.07, 6.45) is 2.67. The number of hydrogen-bond donors (Lipinski definition) is 2. The first-order valence-corrected chi connectivity index (χ1v) is 7.94. The van der Waals surface area contributed by atoms with Crippen molar-refractivity contribution in [3.63, 3.8) is 0 Å². The number of aliphatic hydroxyl groups is 1. The number of ether oxygens (including phenoxy) is 1. The Morgan fingerprint density at radius 3 is 2.92 bits per heavy atom. The summed E-state index contributed by atoms with van der Waals surface area (Å²) in [4.78, 5) is 17.0. The first-order valence-electron chi connectivity index (χ1n) is 7.94. The van der Waals surface area contributed by atoms with E-state index >= 15 is 0 Å². The van der Waals surface area contributed by atoms with Crippen LogP contribution in [0.5, 0.6) is 0 Å². The summed E-state index contributed by atoms with van der Waals surface area (Å²) in [6.45, 7) is 2.01. The number of rotatable bonds is 6. The van der Waals surface area contributed by atoms with Crippen LogP contribution in [0.4, 0.5) is 0 Å². The molecule has 0 aromatic carbocycles. The number of amides is 1. The van der Waals surface area contributed by atoms with Crippen LogP contribution in [0.2, 0.25) is 0 Å². The molecule has 1 aliphatic carbocycles. The van der Waals surface area contributed by atoms with Crippen LogP contribution < -0.4 is 5.32 Å². The van der Waals surface area contributed by atoms with E-state index in [1.807, 2.05) is 18.2 Å². The van der Waals surface area contributed by atoms with Gasteiger partial charge in [0.25, 0.3) is 5.91 Å². The van der Waals surface area contributed by atoms with Crippen LogP contribution in [-0.4, -0.2) is 34.4 Å². The highest BCUT2D eigenvalue weighted by atomic mass is 16.5. The maximum Gasteiger partial charge on any atom is 0.274 e. The molecule has 0 unspecified atom stereocenters. The molecular formula is C17H21N3O4. The van der Waals surface area contributed by atoms with Crippen LogP contribution in [-0.2, 0) is 11.3 Å². The molecule has 0 saturated heterocycles. The lowest BCUT2D eigenvalue weighted by Gasteiger charge is -2.37. The zero-order valence-electron chi connectivity index (χ0n) is 13.7. The molecule has 3 rings (SSSR count). The lowest BCUT2D eigenvalue weighted by Crippen LogP contribution is -2.42. The smallest absolute Gasteiger partial charge is 0.274 e. The van der Waals surface area contributed by atoms with Gasteiger partial charge in [-0.2, -0.15) is 0 Å². The highest BCUT2D eigenvalue weighted by molar-refractivity contribution is 5.94. The summed E-state index contributed by atoms with van der Waals surface area (Å²) in [6, 6.07) is 5.32. The summed E-state index contributed by atoms with van der Waals surface area (Å²) in [5.74, 6) is 0.393. The maximum atomic E-state index is 12.7.